The molecule has 0 fully saturated rings. The third kappa shape index (κ3) is 6.57. The van der Waals surface area contributed by atoms with E-state index in [-0.39, 0.29) is 17.0 Å². The average molecular weight is 455 g/mol. The Morgan fingerprint density at radius 2 is 1.07 bits per heavy atom. The van der Waals surface area contributed by atoms with Gasteiger partial charge in [0.1, 0.15) is 0 Å². The Morgan fingerprint density at radius 1 is 0.571 bits per heavy atom. The second-order valence-corrected chi connectivity index (χ2v) is 9.34. The van der Waals surface area contributed by atoms with Gasteiger partial charge in [0.2, 0.25) is 0 Å². The molecule has 0 heterocycles. The van der Waals surface area contributed by atoms with Gasteiger partial charge in [0.05, 0.1) is 0 Å². The molecule has 0 amide bonds. The summed E-state index contributed by atoms with van der Waals surface area (Å²) in [6.45, 7) is 2.28. The first-order valence-electron chi connectivity index (χ1n) is 10.4. The van der Waals surface area contributed by atoms with Gasteiger partial charge < -0.3 is 0 Å². The van der Waals surface area contributed by atoms with Crippen LogP contribution >= 0.6 is 24.9 Å². The summed E-state index contributed by atoms with van der Waals surface area (Å²) in [6.07, 6.45) is 9.31. The zero-order valence-corrected chi connectivity index (χ0v) is 19.5. The molecule has 0 aliphatic rings. The van der Waals surface area contributed by atoms with Gasteiger partial charge in [-0.1, -0.05) is 124 Å². The molecule has 0 atom stereocenters. The predicted octanol–water partition coefficient (Wildman–Crippen LogP) is 6.93. The van der Waals surface area contributed by atoms with Crippen LogP contribution in [0.4, 0.5) is 0 Å². The molecule has 0 spiro atoms. The van der Waals surface area contributed by atoms with Crippen molar-refractivity contribution in [1.82, 2.24) is 0 Å². The van der Waals surface area contributed by atoms with Crippen LogP contribution in [0.2, 0.25) is 0 Å². The Balaban J connectivity index is 0.00000280. The molecule has 0 aliphatic carbocycles. The zero-order valence-electron chi connectivity index (χ0n) is 16.9. The Hall–Kier alpha value is -1.43. The van der Waals surface area contributed by atoms with E-state index in [4.69, 9.17) is 0 Å². The van der Waals surface area contributed by atoms with Crippen LogP contribution in [-0.2, 0) is 6.42 Å². The average Bonchev–Trinajstić information content (AvgIpc) is 2.73. The monoisotopic (exact) mass is 454 g/mol. The molecule has 0 aromatic heterocycles. The Bertz CT molecular complexity index is 746. The number of unbranched alkanes of at least 4 members (excludes halogenated alkanes) is 5. The third-order valence-corrected chi connectivity index (χ3v) is 7.61. The van der Waals surface area contributed by atoms with Crippen LogP contribution in [0.5, 0.6) is 0 Å². The highest BCUT2D eigenvalue weighted by atomic mass is 79.9. The van der Waals surface area contributed by atoms with E-state index < -0.39 is 7.92 Å². The molecular weight excluding hydrogens is 423 g/mol. The van der Waals surface area contributed by atoms with Gasteiger partial charge in [0, 0.05) is 0 Å². The van der Waals surface area contributed by atoms with Crippen molar-refractivity contribution in [2.75, 3.05) is 0 Å². The van der Waals surface area contributed by atoms with Crippen LogP contribution in [0.15, 0.2) is 84.9 Å². The number of hydrogen-bond acceptors (Lipinski definition) is 0. The topological polar surface area (TPSA) is 0 Å². The lowest BCUT2D eigenvalue weighted by atomic mass is 10.1. The first-order valence-corrected chi connectivity index (χ1v) is 11.7. The molecule has 0 bridgehead atoms. The smallest absolute Gasteiger partial charge is 0.0119 e. The molecule has 3 rings (SSSR count). The molecular formula is C26H32BrP. The highest BCUT2D eigenvalue weighted by Gasteiger charge is 2.18. The Kier molecular flexibility index (Phi) is 10.5. The fraction of sp³-hybridized carbons (Fsp3) is 0.308. The molecule has 0 nitrogen and oxygen atoms in total. The maximum atomic E-state index is 2.36. The van der Waals surface area contributed by atoms with Crippen molar-refractivity contribution in [3.63, 3.8) is 0 Å². The second-order valence-electron chi connectivity index (χ2n) is 7.15. The molecule has 3 aromatic carbocycles. The van der Waals surface area contributed by atoms with Gasteiger partial charge in [0.25, 0.3) is 0 Å². The molecule has 0 unspecified atom stereocenters. The summed E-state index contributed by atoms with van der Waals surface area (Å²) in [5.74, 6) is 0. The van der Waals surface area contributed by atoms with E-state index in [0.717, 1.165) is 0 Å². The van der Waals surface area contributed by atoms with E-state index in [1.807, 2.05) is 0 Å². The van der Waals surface area contributed by atoms with Gasteiger partial charge in [0.15, 0.2) is 0 Å². The molecule has 28 heavy (non-hydrogen) atoms. The van der Waals surface area contributed by atoms with Gasteiger partial charge in [-0.15, -0.1) is 17.0 Å². The van der Waals surface area contributed by atoms with E-state index in [1.54, 1.807) is 0 Å². The van der Waals surface area contributed by atoms with Gasteiger partial charge in [-0.25, -0.2) is 0 Å². The van der Waals surface area contributed by atoms with Gasteiger partial charge >= 0.3 is 0 Å². The Labute approximate surface area is 182 Å². The molecule has 2 heteroatoms. The molecule has 0 saturated heterocycles. The summed E-state index contributed by atoms with van der Waals surface area (Å²) in [6, 6.07) is 31.2. The van der Waals surface area contributed by atoms with E-state index in [0.29, 0.717) is 0 Å². The zero-order chi connectivity index (χ0) is 18.7. The standard InChI is InChI=1S/C26H31P.BrH/c1-2-3-4-5-6-9-16-23-17-14-15-22-26(23)27(24-18-10-7-11-19-24)25-20-12-8-13-21-25;/h7-8,10-15,17-22H,2-6,9,16H2,1H3;1H. The van der Waals surface area contributed by atoms with Crippen molar-refractivity contribution in [2.45, 2.75) is 51.9 Å². The van der Waals surface area contributed by atoms with Gasteiger partial charge in [-0.3, -0.25) is 0 Å². The van der Waals surface area contributed by atoms with Crippen LogP contribution < -0.4 is 15.9 Å². The Morgan fingerprint density at radius 3 is 1.68 bits per heavy atom. The highest BCUT2D eigenvalue weighted by molar-refractivity contribution is 8.93. The maximum Gasteiger partial charge on any atom is -0.0119 e. The van der Waals surface area contributed by atoms with Crippen molar-refractivity contribution in [2.24, 2.45) is 0 Å². The number of rotatable bonds is 10. The van der Waals surface area contributed by atoms with Crippen LogP contribution in [0.25, 0.3) is 0 Å². The summed E-state index contributed by atoms with van der Waals surface area (Å²) in [7, 11) is -0.497. The van der Waals surface area contributed by atoms with Crippen molar-refractivity contribution >= 4 is 40.8 Å². The second kappa shape index (κ2) is 12.9. The fourth-order valence-corrected chi connectivity index (χ4v) is 6.12. The molecule has 0 aliphatic heterocycles. The fourth-order valence-electron chi connectivity index (χ4n) is 3.62. The largest absolute Gasteiger partial charge is 0.114 e. The maximum absolute atomic E-state index is 2.36. The molecule has 3 aromatic rings. The van der Waals surface area contributed by atoms with E-state index in [9.17, 15) is 0 Å². The summed E-state index contributed by atoms with van der Waals surface area (Å²) in [5.41, 5.74) is 1.53. The minimum Gasteiger partial charge on any atom is -0.114 e. The number of aryl methyl sites for hydroxylation is 1. The van der Waals surface area contributed by atoms with Crippen molar-refractivity contribution in [1.29, 1.82) is 0 Å². The van der Waals surface area contributed by atoms with Gasteiger partial charge in [-0.2, -0.15) is 0 Å². The van der Waals surface area contributed by atoms with Crippen LogP contribution in [0, 0.1) is 0 Å². The van der Waals surface area contributed by atoms with Gasteiger partial charge in [-0.05, 0) is 42.2 Å². The first kappa shape index (κ1) is 22.9. The van der Waals surface area contributed by atoms with Crippen LogP contribution in [-0.4, -0.2) is 0 Å². The normalized spacial score (nSPS) is 10.6. The highest BCUT2D eigenvalue weighted by Crippen LogP contribution is 2.34. The third-order valence-electron chi connectivity index (χ3n) is 5.06. The van der Waals surface area contributed by atoms with Crippen molar-refractivity contribution in [3.8, 4) is 0 Å². The van der Waals surface area contributed by atoms with Crippen molar-refractivity contribution < 1.29 is 0 Å². The quantitative estimate of drug-likeness (QED) is 0.230. The summed E-state index contributed by atoms with van der Waals surface area (Å²) < 4.78 is 0. The molecule has 0 N–H and O–H groups in total. The SMILES string of the molecule is Br.CCCCCCCCc1ccccc1P(c1ccccc1)c1ccccc1. The lowest BCUT2D eigenvalue weighted by Crippen LogP contribution is -2.23. The number of benzene rings is 3. The molecule has 0 radical (unpaired) electrons. The molecule has 0 saturated carbocycles. The minimum atomic E-state index is -0.497. The minimum absolute atomic E-state index is 0. The van der Waals surface area contributed by atoms with E-state index in [1.165, 1.54) is 66.4 Å². The number of hydrogen-bond donors (Lipinski definition) is 0. The summed E-state index contributed by atoms with van der Waals surface area (Å²) >= 11 is 0. The van der Waals surface area contributed by atoms with E-state index >= 15 is 0 Å². The lowest BCUT2D eigenvalue weighted by Gasteiger charge is -2.22. The van der Waals surface area contributed by atoms with E-state index in [2.05, 4.69) is 91.9 Å². The summed E-state index contributed by atoms with van der Waals surface area (Å²) in [5, 5.41) is 4.40. The first-order chi connectivity index (χ1) is 13.4. The number of halogens is 1. The molecule has 148 valence electrons. The van der Waals surface area contributed by atoms with Crippen LogP contribution in [0.1, 0.15) is 51.0 Å². The predicted molar refractivity (Wildman–Crippen MR) is 133 cm³/mol. The van der Waals surface area contributed by atoms with Crippen molar-refractivity contribution in [3.05, 3.63) is 90.5 Å². The summed E-state index contributed by atoms with van der Waals surface area (Å²) in [4.78, 5) is 0. The van der Waals surface area contributed by atoms with Crippen LogP contribution in [0.3, 0.4) is 0 Å². The lowest BCUT2D eigenvalue weighted by molar-refractivity contribution is 0.608.